The van der Waals surface area contributed by atoms with Crippen LogP contribution < -0.4 is 11.1 Å². The highest BCUT2D eigenvalue weighted by Gasteiger charge is 2.50. The fourth-order valence-corrected chi connectivity index (χ4v) is 5.37. The molecule has 1 aliphatic carbocycles. The quantitative estimate of drug-likeness (QED) is 0.383. The van der Waals surface area contributed by atoms with Crippen molar-refractivity contribution in [1.29, 1.82) is 0 Å². The maximum absolute atomic E-state index is 13.5. The zero-order valence-electron chi connectivity index (χ0n) is 21.3. The molecule has 0 aromatic heterocycles. The summed E-state index contributed by atoms with van der Waals surface area (Å²) in [7, 11) is 1.28. The van der Waals surface area contributed by atoms with E-state index in [-0.39, 0.29) is 24.6 Å². The van der Waals surface area contributed by atoms with E-state index in [1.54, 1.807) is 6.92 Å². The summed E-state index contributed by atoms with van der Waals surface area (Å²) < 4.78 is 4.86. The van der Waals surface area contributed by atoms with Crippen LogP contribution in [0.4, 0.5) is 0 Å². The van der Waals surface area contributed by atoms with Crippen LogP contribution in [-0.4, -0.2) is 65.2 Å². The lowest BCUT2D eigenvalue weighted by molar-refractivity contribution is -0.182. The molecular weight excluding hydrogens is 450 g/mol. The van der Waals surface area contributed by atoms with E-state index >= 15 is 0 Å². The summed E-state index contributed by atoms with van der Waals surface area (Å²) in [5, 5.41) is 24.7. The number of hydrogen-bond donors (Lipinski definition) is 4. The Kier molecular flexibility index (Phi) is 9.28. The molecule has 3 rings (SSSR count). The zero-order valence-corrected chi connectivity index (χ0v) is 21.3. The van der Waals surface area contributed by atoms with Crippen molar-refractivity contribution in [2.45, 2.75) is 89.3 Å². The smallest absolute Gasteiger partial charge is 0.328 e. The lowest BCUT2D eigenvalue weighted by Crippen LogP contribution is -2.54. The molecule has 2 fully saturated rings. The summed E-state index contributed by atoms with van der Waals surface area (Å²) in [6.45, 7) is 5.10. The van der Waals surface area contributed by atoms with Crippen LogP contribution in [0, 0.1) is 11.8 Å². The number of methoxy groups -OCH3 is 1. The molecule has 0 spiro atoms. The van der Waals surface area contributed by atoms with Crippen molar-refractivity contribution >= 4 is 11.9 Å². The van der Waals surface area contributed by atoms with Crippen LogP contribution in [0.1, 0.15) is 64.0 Å². The number of hydrogen-bond acceptors (Lipinski definition) is 8. The molecule has 0 bridgehead atoms. The number of carbonyl (C=O) groups is 2. The Morgan fingerprint density at radius 3 is 2.51 bits per heavy atom. The second-order valence-corrected chi connectivity index (χ2v) is 10.3. The van der Waals surface area contributed by atoms with Gasteiger partial charge in [-0.2, -0.15) is 5.06 Å². The third-order valence-electron chi connectivity index (χ3n) is 7.39. The number of nitrogens with two attached hydrogens (primary N) is 1. The van der Waals surface area contributed by atoms with E-state index in [2.05, 4.69) is 11.4 Å². The molecule has 196 valence electrons. The molecule has 1 aromatic carbocycles. The molecule has 0 unspecified atom stereocenters. The van der Waals surface area contributed by atoms with Gasteiger partial charge in [0.1, 0.15) is 18.2 Å². The highest BCUT2D eigenvalue weighted by atomic mass is 16.7. The normalized spacial score (nSPS) is 26.3. The van der Waals surface area contributed by atoms with E-state index in [9.17, 15) is 19.8 Å². The summed E-state index contributed by atoms with van der Waals surface area (Å²) in [6.07, 6.45) is 3.58. The second kappa shape index (κ2) is 11.8. The van der Waals surface area contributed by atoms with Gasteiger partial charge < -0.3 is 26.0 Å². The largest absolute Gasteiger partial charge is 0.467 e. The van der Waals surface area contributed by atoms with Gasteiger partial charge in [0.05, 0.1) is 26.4 Å². The van der Waals surface area contributed by atoms with Gasteiger partial charge in [-0.25, -0.2) is 4.79 Å². The van der Waals surface area contributed by atoms with Crippen molar-refractivity contribution < 1.29 is 29.4 Å². The van der Waals surface area contributed by atoms with Crippen LogP contribution in [-0.2, 0) is 31.2 Å². The molecular formula is C26H41N3O6. The van der Waals surface area contributed by atoms with Gasteiger partial charge >= 0.3 is 5.97 Å². The molecule has 2 aliphatic rings. The van der Waals surface area contributed by atoms with E-state index < -0.39 is 42.1 Å². The van der Waals surface area contributed by atoms with Gasteiger partial charge in [0.15, 0.2) is 0 Å². The SMILES string of the molecule is COC(=O)[C@@H](NC(=O)[C@@H]1[C@H]([C@H](C)O)[C@H](CO)ON1Cc1cccc(C2(N)CCCCC2)c1)C(C)C. The number of benzene rings is 1. The molecule has 1 heterocycles. The highest BCUT2D eigenvalue weighted by molar-refractivity contribution is 5.88. The van der Waals surface area contributed by atoms with E-state index in [0.29, 0.717) is 0 Å². The van der Waals surface area contributed by atoms with E-state index in [1.807, 2.05) is 32.0 Å². The van der Waals surface area contributed by atoms with Gasteiger partial charge in [0, 0.05) is 11.5 Å². The predicted octanol–water partition coefficient (Wildman–Crippen LogP) is 1.59. The zero-order chi connectivity index (χ0) is 25.8. The van der Waals surface area contributed by atoms with Crippen LogP contribution in [0.15, 0.2) is 24.3 Å². The van der Waals surface area contributed by atoms with Crippen molar-refractivity contribution in [1.82, 2.24) is 10.4 Å². The summed E-state index contributed by atoms with van der Waals surface area (Å²) in [4.78, 5) is 31.7. The molecule has 5 atom stereocenters. The Labute approximate surface area is 207 Å². The number of nitrogens with one attached hydrogen (secondary N) is 1. The average Bonchev–Trinajstić information content (AvgIpc) is 3.21. The third kappa shape index (κ3) is 6.21. The number of aliphatic hydroxyl groups excluding tert-OH is 2. The van der Waals surface area contributed by atoms with Crippen LogP contribution in [0.25, 0.3) is 0 Å². The Balaban J connectivity index is 1.87. The van der Waals surface area contributed by atoms with Crippen LogP contribution in [0.5, 0.6) is 0 Å². The maximum atomic E-state index is 13.5. The van der Waals surface area contributed by atoms with E-state index in [1.165, 1.54) is 18.6 Å². The van der Waals surface area contributed by atoms with Crippen LogP contribution in [0.2, 0.25) is 0 Å². The Morgan fingerprint density at radius 2 is 1.94 bits per heavy atom. The predicted molar refractivity (Wildman–Crippen MR) is 131 cm³/mol. The minimum absolute atomic E-state index is 0.200. The maximum Gasteiger partial charge on any atom is 0.328 e. The fourth-order valence-electron chi connectivity index (χ4n) is 5.37. The molecule has 1 aliphatic heterocycles. The molecule has 0 radical (unpaired) electrons. The minimum Gasteiger partial charge on any atom is -0.467 e. The molecule has 1 aromatic rings. The summed E-state index contributed by atoms with van der Waals surface area (Å²) in [5.74, 6) is -1.89. The van der Waals surface area contributed by atoms with Gasteiger partial charge in [-0.3, -0.25) is 9.63 Å². The number of rotatable bonds is 9. The molecule has 1 saturated carbocycles. The van der Waals surface area contributed by atoms with Crippen molar-refractivity contribution in [3.05, 3.63) is 35.4 Å². The second-order valence-electron chi connectivity index (χ2n) is 10.3. The number of nitrogens with zero attached hydrogens (tertiary/aromatic N) is 1. The number of aliphatic hydroxyl groups is 2. The van der Waals surface area contributed by atoms with Crippen molar-refractivity contribution in [2.24, 2.45) is 17.6 Å². The monoisotopic (exact) mass is 491 g/mol. The highest BCUT2D eigenvalue weighted by Crippen LogP contribution is 2.36. The molecule has 9 nitrogen and oxygen atoms in total. The first-order chi connectivity index (χ1) is 16.6. The number of ether oxygens (including phenoxy) is 1. The lowest BCUT2D eigenvalue weighted by Gasteiger charge is -2.34. The first kappa shape index (κ1) is 27.5. The molecule has 5 N–H and O–H groups in total. The third-order valence-corrected chi connectivity index (χ3v) is 7.39. The molecule has 1 saturated heterocycles. The van der Waals surface area contributed by atoms with Crippen molar-refractivity contribution in [2.75, 3.05) is 13.7 Å². The minimum atomic E-state index is -0.926. The Bertz CT molecular complexity index is 870. The lowest BCUT2D eigenvalue weighted by atomic mass is 9.77. The van der Waals surface area contributed by atoms with Gasteiger partial charge in [-0.15, -0.1) is 0 Å². The average molecular weight is 492 g/mol. The van der Waals surface area contributed by atoms with Crippen molar-refractivity contribution in [3.8, 4) is 0 Å². The van der Waals surface area contributed by atoms with Gasteiger partial charge in [0.25, 0.3) is 0 Å². The molecule has 9 heteroatoms. The van der Waals surface area contributed by atoms with Gasteiger partial charge in [-0.05, 0) is 36.8 Å². The fraction of sp³-hybridized carbons (Fsp3) is 0.692. The van der Waals surface area contributed by atoms with Crippen LogP contribution in [0.3, 0.4) is 0 Å². The van der Waals surface area contributed by atoms with E-state index in [0.717, 1.165) is 36.8 Å². The molecule has 1 amide bonds. The summed E-state index contributed by atoms with van der Waals surface area (Å²) in [6, 6.07) is 6.25. The standard InChI is InChI=1S/C26H41N3O6/c1-16(2)22(25(33)34-4)28-24(32)23-21(17(3)31)20(15-30)35-29(23)14-18-9-8-10-19(13-18)26(27)11-6-5-7-12-26/h8-10,13,16-17,20-23,30-31H,5-7,11-12,14-15,27H2,1-4H3,(H,28,32)/t17-,20-,21+,22-,23-/m0/s1. The summed E-state index contributed by atoms with van der Waals surface area (Å²) >= 11 is 0. The first-order valence-electron chi connectivity index (χ1n) is 12.6. The topological polar surface area (TPSA) is 134 Å². The Morgan fingerprint density at radius 1 is 1.26 bits per heavy atom. The van der Waals surface area contributed by atoms with Crippen molar-refractivity contribution in [3.63, 3.8) is 0 Å². The molecule has 35 heavy (non-hydrogen) atoms. The van der Waals surface area contributed by atoms with Gasteiger partial charge in [-0.1, -0.05) is 57.4 Å². The van der Waals surface area contributed by atoms with E-state index in [4.69, 9.17) is 15.3 Å². The van der Waals surface area contributed by atoms with Crippen LogP contribution >= 0.6 is 0 Å². The first-order valence-corrected chi connectivity index (χ1v) is 12.6. The Hall–Kier alpha value is -2.04. The number of amides is 1. The number of esters is 1. The number of carbonyl (C=O) groups excluding carboxylic acids is 2. The summed E-state index contributed by atoms with van der Waals surface area (Å²) in [5.41, 5.74) is 8.35. The number of hydroxylamine groups is 2. The van der Waals surface area contributed by atoms with Gasteiger partial charge in [0.2, 0.25) is 5.91 Å².